The van der Waals surface area contributed by atoms with Crippen molar-refractivity contribution >= 4 is 11.6 Å². The molecule has 4 rings (SSSR count). The van der Waals surface area contributed by atoms with Crippen LogP contribution in [-0.2, 0) is 11.3 Å². The molecule has 1 aliphatic rings. The van der Waals surface area contributed by atoms with Gasteiger partial charge in [-0.2, -0.15) is 5.10 Å². The highest BCUT2D eigenvalue weighted by Crippen LogP contribution is 2.32. The van der Waals surface area contributed by atoms with Gasteiger partial charge < -0.3 is 0 Å². The summed E-state index contributed by atoms with van der Waals surface area (Å²) < 4.78 is 0. The fourth-order valence-electron chi connectivity index (χ4n) is 3.57. The van der Waals surface area contributed by atoms with E-state index in [2.05, 4.69) is 29.2 Å². The molecule has 3 aromatic rings. The van der Waals surface area contributed by atoms with E-state index in [9.17, 15) is 4.79 Å². The molecule has 1 amide bonds. The number of carbonyl (C=O) groups excluding carboxylic acids is 1. The summed E-state index contributed by atoms with van der Waals surface area (Å²) in [5.41, 5.74) is 4.09. The maximum Gasteiger partial charge on any atom is 0.258 e. The van der Waals surface area contributed by atoms with Gasteiger partial charge in [0.15, 0.2) is 0 Å². The Hall–Kier alpha value is -3.24. The van der Waals surface area contributed by atoms with Gasteiger partial charge in [0, 0.05) is 6.54 Å². The molecule has 0 saturated carbocycles. The summed E-state index contributed by atoms with van der Waals surface area (Å²) in [5.74, 6) is 0.0139. The summed E-state index contributed by atoms with van der Waals surface area (Å²) in [5, 5.41) is 6.38. The highest BCUT2D eigenvalue weighted by atomic mass is 16.2. The first-order chi connectivity index (χ1) is 13.7. The number of benzene rings is 3. The SMILES string of the molecule is C/C(=N\N1C(=O)CN(Cc2ccccc2)C1c1ccccc1)c1ccccc1. The normalized spacial score (nSPS) is 17.9. The quantitative estimate of drug-likeness (QED) is 0.623. The molecule has 1 unspecified atom stereocenters. The third-order valence-corrected chi connectivity index (χ3v) is 4.95. The van der Waals surface area contributed by atoms with E-state index in [0.717, 1.165) is 16.8 Å². The number of rotatable bonds is 5. The minimum absolute atomic E-state index is 0.0139. The van der Waals surface area contributed by atoms with Crippen molar-refractivity contribution in [1.82, 2.24) is 9.91 Å². The Morgan fingerprint density at radius 1 is 0.893 bits per heavy atom. The first-order valence-electron chi connectivity index (χ1n) is 9.48. The summed E-state index contributed by atoms with van der Waals surface area (Å²) in [7, 11) is 0. The van der Waals surface area contributed by atoms with Crippen LogP contribution in [0.1, 0.15) is 29.8 Å². The van der Waals surface area contributed by atoms with Crippen molar-refractivity contribution in [2.45, 2.75) is 19.6 Å². The molecule has 0 radical (unpaired) electrons. The van der Waals surface area contributed by atoms with Crippen LogP contribution in [0.15, 0.2) is 96.1 Å². The third kappa shape index (κ3) is 3.87. The zero-order valence-electron chi connectivity index (χ0n) is 15.9. The van der Waals surface area contributed by atoms with Gasteiger partial charge in [-0.1, -0.05) is 91.0 Å². The van der Waals surface area contributed by atoms with Crippen molar-refractivity contribution in [2.75, 3.05) is 6.54 Å². The van der Waals surface area contributed by atoms with Crippen LogP contribution in [0.2, 0.25) is 0 Å². The van der Waals surface area contributed by atoms with Gasteiger partial charge in [-0.15, -0.1) is 0 Å². The number of nitrogens with zero attached hydrogens (tertiary/aromatic N) is 3. The van der Waals surface area contributed by atoms with Crippen LogP contribution in [0.4, 0.5) is 0 Å². The lowest BCUT2D eigenvalue weighted by molar-refractivity contribution is -0.128. The molecular weight excluding hydrogens is 346 g/mol. The number of hydrogen-bond acceptors (Lipinski definition) is 3. The molecule has 0 bridgehead atoms. The predicted molar refractivity (Wildman–Crippen MR) is 112 cm³/mol. The fraction of sp³-hybridized carbons (Fsp3) is 0.167. The summed E-state index contributed by atoms with van der Waals surface area (Å²) in [6.07, 6.45) is -0.215. The summed E-state index contributed by atoms with van der Waals surface area (Å²) >= 11 is 0. The zero-order valence-corrected chi connectivity index (χ0v) is 15.9. The van der Waals surface area contributed by atoms with Crippen LogP contribution < -0.4 is 0 Å². The predicted octanol–water partition coefficient (Wildman–Crippen LogP) is 4.45. The lowest BCUT2D eigenvalue weighted by atomic mass is 10.1. The molecule has 1 fully saturated rings. The maximum atomic E-state index is 12.9. The fourth-order valence-corrected chi connectivity index (χ4v) is 3.57. The molecule has 140 valence electrons. The monoisotopic (exact) mass is 369 g/mol. The van der Waals surface area contributed by atoms with E-state index in [1.165, 1.54) is 5.56 Å². The molecule has 28 heavy (non-hydrogen) atoms. The lowest BCUT2D eigenvalue weighted by Crippen LogP contribution is -2.29. The molecule has 3 aromatic carbocycles. The first kappa shape index (κ1) is 18.1. The van der Waals surface area contributed by atoms with Gasteiger partial charge in [-0.3, -0.25) is 9.69 Å². The Labute approximate surface area is 165 Å². The first-order valence-corrected chi connectivity index (χ1v) is 9.48. The van der Waals surface area contributed by atoms with Gasteiger partial charge in [0.25, 0.3) is 5.91 Å². The van der Waals surface area contributed by atoms with Crippen molar-refractivity contribution < 1.29 is 4.79 Å². The largest absolute Gasteiger partial charge is 0.271 e. The Morgan fingerprint density at radius 3 is 2.11 bits per heavy atom. The maximum absolute atomic E-state index is 12.9. The van der Waals surface area contributed by atoms with Gasteiger partial charge in [0.2, 0.25) is 0 Å². The van der Waals surface area contributed by atoms with E-state index in [1.54, 1.807) is 5.01 Å². The smallest absolute Gasteiger partial charge is 0.258 e. The van der Waals surface area contributed by atoms with Crippen LogP contribution in [0.25, 0.3) is 0 Å². The highest BCUT2D eigenvalue weighted by Gasteiger charge is 2.39. The lowest BCUT2D eigenvalue weighted by Gasteiger charge is -2.28. The Bertz CT molecular complexity index is 955. The number of amides is 1. The van der Waals surface area contributed by atoms with Crippen LogP contribution in [0.3, 0.4) is 0 Å². The molecule has 4 nitrogen and oxygen atoms in total. The molecule has 1 atom stereocenters. The summed E-state index contributed by atoms with van der Waals surface area (Å²) in [6, 6.07) is 30.3. The summed E-state index contributed by atoms with van der Waals surface area (Å²) in [4.78, 5) is 15.1. The van der Waals surface area contributed by atoms with Crippen molar-refractivity contribution in [1.29, 1.82) is 0 Å². The molecule has 0 aromatic heterocycles. The topological polar surface area (TPSA) is 35.9 Å². The van der Waals surface area contributed by atoms with Crippen LogP contribution in [0.5, 0.6) is 0 Å². The van der Waals surface area contributed by atoms with Crippen molar-refractivity contribution in [3.8, 4) is 0 Å². The van der Waals surface area contributed by atoms with E-state index in [1.807, 2.05) is 73.7 Å². The second kappa shape index (κ2) is 8.19. The minimum Gasteiger partial charge on any atom is -0.271 e. The molecule has 4 heteroatoms. The molecular formula is C24H23N3O. The number of carbonyl (C=O) groups is 1. The average Bonchev–Trinajstić information content (AvgIpc) is 3.04. The third-order valence-electron chi connectivity index (χ3n) is 4.95. The molecule has 1 aliphatic heterocycles. The van der Waals surface area contributed by atoms with Gasteiger partial charge in [0.1, 0.15) is 6.17 Å². The molecule has 0 aliphatic carbocycles. The zero-order chi connectivity index (χ0) is 19.3. The van der Waals surface area contributed by atoms with Crippen molar-refractivity contribution in [2.24, 2.45) is 5.10 Å². The van der Waals surface area contributed by atoms with Crippen LogP contribution >= 0.6 is 0 Å². The minimum atomic E-state index is -0.215. The average molecular weight is 369 g/mol. The van der Waals surface area contributed by atoms with Crippen LogP contribution in [-0.4, -0.2) is 28.1 Å². The van der Waals surface area contributed by atoms with E-state index in [-0.39, 0.29) is 12.1 Å². The van der Waals surface area contributed by atoms with Crippen molar-refractivity contribution in [3.05, 3.63) is 108 Å². The van der Waals surface area contributed by atoms with Gasteiger partial charge in [-0.25, -0.2) is 5.01 Å². The van der Waals surface area contributed by atoms with E-state index in [4.69, 9.17) is 5.10 Å². The van der Waals surface area contributed by atoms with Crippen LogP contribution in [0, 0.1) is 0 Å². The highest BCUT2D eigenvalue weighted by molar-refractivity contribution is 5.99. The molecule has 1 heterocycles. The Balaban J connectivity index is 1.69. The Morgan fingerprint density at radius 2 is 1.46 bits per heavy atom. The van der Waals surface area contributed by atoms with Gasteiger partial charge in [-0.05, 0) is 23.6 Å². The molecule has 1 saturated heterocycles. The summed E-state index contributed by atoms with van der Waals surface area (Å²) in [6.45, 7) is 2.99. The van der Waals surface area contributed by atoms with E-state index in [0.29, 0.717) is 13.1 Å². The van der Waals surface area contributed by atoms with E-state index < -0.39 is 0 Å². The number of hydrazone groups is 1. The standard InChI is InChI=1S/C24H23N3O/c1-19(21-13-7-3-8-14-21)25-27-23(28)18-26(17-20-11-5-2-6-12-20)24(27)22-15-9-4-10-16-22/h2-16,24H,17-18H2,1H3/b25-19+. The second-order valence-corrected chi connectivity index (χ2v) is 6.96. The number of hydrogen-bond donors (Lipinski definition) is 0. The van der Waals surface area contributed by atoms with Gasteiger partial charge >= 0.3 is 0 Å². The second-order valence-electron chi connectivity index (χ2n) is 6.96. The molecule has 0 N–H and O–H groups in total. The van der Waals surface area contributed by atoms with Crippen molar-refractivity contribution in [3.63, 3.8) is 0 Å². The van der Waals surface area contributed by atoms with Gasteiger partial charge in [0.05, 0.1) is 12.3 Å². The Kier molecular flexibility index (Phi) is 5.31. The van der Waals surface area contributed by atoms with E-state index >= 15 is 0 Å². The molecule has 0 spiro atoms.